The Morgan fingerprint density at radius 3 is 2.71 bits per heavy atom. The molecule has 21 heavy (non-hydrogen) atoms. The van der Waals surface area contributed by atoms with Crippen LogP contribution in [0.15, 0.2) is 48.5 Å². The van der Waals surface area contributed by atoms with E-state index in [4.69, 9.17) is 11.6 Å². The molecule has 3 heteroatoms. The summed E-state index contributed by atoms with van der Waals surface area (Å²) in [5, 5.41) is 5.11. The summed E-state index contributed by atoms with van der Waals surface area (Å²) in [5.74, 6) is 0.972. The first-order valence-corrected chi connectivity index (χ1v) is 8.88. The first-order chi connectivity index (χ1) is 10.3. The minimum atomic E-state index is 0.457. The molecule has 2 aromatic carbocycles. The Balaban J connectivity index is 1.72. The normalized spacial score (nSPS) is 20.5. The van der Waals surface area contributed by atoms with Gasteiger partial charge in [-0.1, -0.05) is 61.0 Å². The van der Waals surface area contributed by atoms with Crippen LogP contribution < -0.4 is 5.32 Å². The maximum absolute atomic E-state index is 6.27. The van der Waals surface area contributed by atoms with Crippen LogP contribution in [0.3, 0.4) is 0 Å². The lowest BCUT2D eigenvalue weighted by Crippen LogP contribution is -2.26. The van der Waals surface area contributed by atoms with Crippen LogP contribution in [0, 0.1) is 0 Å². The zero-order valence-electron chi connectivity index (χ0n) is 12.2. The first kappa shape index (κ1) is 15.0. The van der Waals surface area contributed by atoms with Gasteiger partial charge in [-0.15, -0.1) is 0 Å². The largest absolute Gasteiger partial charge is 0.309 e. The van der Waals surface area contributed by atoms with Gasteiger partial charge in [-0.05, 0) is 35.7 Å². The van der Waals surface area contributed by atoms with Crippen LogP contribution in [0.1, 0.15) is 29.7 Å². The number of rotatable bonds is 5. The maximum atomic E-state index is 6.27. The van der Waals surface area contributed by atoms with Gasteiger partial charge in [0, 0.05) is 22.1 Å². The predicted octanol–water partition coefficient (Wildman–Crippen LogP) is 4.85. The topological polar surface area (TPSA) is 12.0 Å². The molecule has 2 unspecified atom stereocenters. The summed E-state index contributed by atoms with van der Waals surface area (Å²) in [7, 11) is 0. The molecule has 0 amide bonds. The van der Waals surface area contributed by atoms with Gasteiger partial charge >= 0.3 is 0 Å². The standard InChI is InChI=1S/C18H20ClNS/c1-2-20-18-15-9-5-3-7-13(15)11-17(18)21-12-14-8-4-6-10-16(14)19/h3-10,17-18,20H,2,11-12H2,1H3. The van der Waals surface area contributed by atoms with E-state index in [0.717, 1.165) is 23.7 Å². The van der Waals surface area contributed by atoms with Crippen molar-refractivity contribution in [1.29, 1.82) is 0 Å². The van der Waals surface area contributed by atoms with Crippen LogP contribution >= 0.6 is 23.4 Å². The number of hydrogen-bond acceptors (Lipinski definition) is 2. The lowest BCUT2D eigenvalue weighted by Gasteiger charge is -2.21. The van der Waals surface area contributed by atoms with Crippen LogP contribution in [0.5, 0.6) is 0 Å². The number of fused-ring (bicyclic) bond motifs is 1. The van der Waals surface area contributed by atoms with E-state index in [1.807, 2.05) is 23.9 Å². The Labute approximate surface area is 136 Å². The van der Waals surface area contributed by atoms with E-state index in [1.54, 1.807) is 0 Å². The summed E-state index contributed by atoms with van der Waals surface area (Å²) in [5.41, 5.74) is 4.19. The Hall–Kier alpha value is -0.960. The highest BCUT2D eigenvalue weighted by atomic mass is 35.5. The third kappa shape index (κ3) is 3.28. The van der Waals surface area contributed by atoms with E-state index < -0.39 is 0 Å². The molecule has 110 valence electrons. The smallest absolute Gasteiger partial charge is 0.0446 e. The Kier molecular flexibility index (Phi) is 4.89. The van der Waals surface area contributed by atoms with Crippen molar-refractivity contribution in [3.8, 4) is 0 Å². The van der Waals surface area contributed by atoms with Gasteiger partial charge < -0.3 is 5.32 Å². The molecule has 0 fully saturated rings. The average molecular weight is 318 g/mol. The van der Waals surface area contributed by atoms with Crippen molar-refractivity contribution in [2.75, 3.05) is 6.54 Å². The van der Waals surface area contributed by atoms with Gasteiger partial charge in [0.1, 0.15) is 0 Å². The van der Waals surface area contributed by atoms with E-state index in [2.05, 4.69) is 48.6 Å². The minimum absolute atomic E-state index is 0.457. The molecule has 1 aliphatic carbocycles. The van der Waals surface area contributed by atoms with Gasteiger partial charge in [0.25, 0.3) is 0 Å². The molecule has 0 saturated carbocycles. The zero-order chi connectivity index (χ0) is 14.7. The van der Waals surface area contributed by atoms with Gasteiger partial charge in [-0.2, -0.15) is 11.8 Å². The molecule has 0 radical (unpaired) electrons. The third-order valence-electron chi connectivity index (χ3n) is 4.02. The average Bonchev–Trinajstić information content (AvgIpc) is 2.85. The van der Waals surface area contributed by atoms with E-state index in [0.29, 0.717) is 11.3 Å². The van der Waals surface area contributed by atoms with Crippen LogP contribution in [-0.2, 0) is 12.2 Å². The Bertz CT molecular complexity index is 614. The number of halogens is 1. The minimum Gasteiger partial charge on any atom is -0.309 e. The van der Waals surface area contributed by atoms with Crippen molar-refractivity contribution in [3.05, 3.63) is 70.2 Å². The van der Waals surface area contributed by atoms with Gasteiger partial charge in [-0.25, -0.2) is 0 Å². The molecular weight excluding hydrogens is 298 g/mol. The second kappa shape index (κ2) is 6.87. The molecule has 2 aromatic rings. The molecule has 0 bridgehead atoms. The molecule has 1 nitrogen and oxygen atoms in total. The zero-order valence-corrected chi connectivity index (χ0v) is 13.8. The van der Waals surface area contributed by atoms with Gasteiger partial charge in [0.05, 0.1) is 0 Å². The van der Waals surface area contributed by atoms with Crippen molar-refractivity contribution in [3.63, 3.8) is 0 Å². The van der Waals surface area contributed by atoms with Crippen molar-refractivity contribution >= 4 is 23.4 Å². The van der Waals surface area contributed by atoms with Gasteiger partial charge in [-0.3, -0.25) is 0 Å². The highest BCUT2D eigenvalue weighted by Gasteiger charge is 2.31. The van der Waals surface area contributed by atoms with E-state index in [9.17, 15) is 0 Å². The summed E-state index contributed by atoms with van der Waals surface area (Å²) >= 11 is 8.28. The first-order valence-electron chi connectivity index (χ1n) is 7.45. The molecule has 1 aliphatic rings. The lowest BCUT2D eigenvalue weighted by molar-refractivity contribution is 0.560. The second-order valence-electron chi connectivity index (χ2n) is 5.38. The summed E-state index contributed by atoms with van der Waals surface area (Å²) in [6, 6.07) is 17.4. The van der Waals surface area contributed by atoms with Crippen molar-refractivity contribution in [1.82, 2.24) is 5.32 Å². The maximum Gasteiger partial charge on any atom is 0.0446 e. The molecular formula is C18H20ClNS. The van der Waals surface area contributed by atoms with Crippen LogP contribution in [0.4, 0.5) is 0 Å². The fourth-order valence-electron chi connectivity index (χ4n) is 2.99. The van der Waals surface area contributed by atoms with Crippen molar-refractivity contribution in [2.45, 2.75) is 30.4 Å². The second-order valence-corrected chi connectivity index (χ2v) is 7.01. The van der Waals surface area contributed by atoms with Gasteiger partial charge in [0.15, 0.2) is 0 Å². The summed E-state index contributed by atoms with van der Waals surface area (Å²) in [6.45, 7) is 3.18. The highest BCUT2D eigenvalue weighted by Crippen LogP contribution is 2.40. The summed E-state index contributed by atoms with van der Waals surface area (Å²) in [6.07, 6.45) is 1.14. The van der Waals surface area contributed by atoms with Crippen molar-refractivity contribution in [2.24, 2.45) is 0 Å². The van der Waals surface area contributed by atoms with E-state index in [-0.39, 0.29) is 0 Å². The number of hydrogen-bond donors (Lipinski definition) is 1. The van der Waals surface area contributed by atoms with Gasteiger partial charge in [0.2, 0.25) is 0 Å². The highest BCUT2D eigenvalue weighted by molar-refractivity contribution is 7.99. The molecule has 0 spiro atoms. The predicted molar refractivity (Wildman–Crippen MR) is 93.1 cm³/mol. The number of thioether (sulfide) groups is 1. The third-order valence-corrected chi connectivity index (χ3v) is 5.73. The molecule has 0 aliphatic heterocycles. The molecule has 0 aromatic heterocycles. The van der Waals surface area contributed by atoms with Crippen LogP contribution in [-0.4, -0.2) is 11.8 Å². The van der Waals surface area contributed by atoms with E-state index in [1.165, 1.54) is 16.7 Å². The molecule has 0 saturated heterocycles. The fourth-order valence-corrected chi connectivity index (χ4v) is 4.65. The Morgan fingerprint density at radius 2 is 1.90 bits per heavy atom. The molecule has 1 N–H and O–H groups in total. The summed E-state index contributed by atoms with van der Waals surface area (Å²) < 4.78 is 0. The fraction of sp³-hybridized carbons (Fsp3) is 0.333. The number of benzene rings is 2. The lowest BCUT2D eigenvalue weighted by atomic mass is 10.1. The molecule has 2 atom stereocenters. The van der Waals surface area contributed by atoms with Crippen LogP contribution in [0.25, 0.3) is 0 Å². The quantitative estimate of drug-likeness (QED) is 0.846. The summed E-state index contributed by atoms with van der Waals surface area (Å²) in [4.78, 5) is 0. The molecule has 3 rings (SSSR count). The molecule has 0 heterocycles. The van der Waals surface area contributed by atoms with E-state index >= 15 is 0 Å². The monoisotopic (exact) mass is 317 g/mol. The van der Waals surface area contributed by atoms with Crippen molar-refractivity contribution < 1.29 is 0 Å². The number of nitrogens with one attached hydrogen (secondary N) is 1. The van der Waals surface area contributed by atoms with Crippen LogP contribution in [0.2, 0.25) is 5.02 Å². The SMILES string of the molecule is CCNC1c2ccccc2CC1SCc1ccccc1Cl. The Morgan fingerprint density at radius 1 is 1.14 bits per heavy atom.